The largest absolute Gasteiger partial charge is 0.481 e. The second-order valence-corrected chi connectivity index (χ2v) is 6.26. The highest BCUT2D eigenvalue weighted by molar-refractivity contribution is 5.66. The summed E-state index contributed by atoms with van der Waals surface area (Å²) in [4.78, 5) is 10.7. The van der Waals surface area contributed by atoms with Gasteiger partial charge >= 0.3 is 5.97 Å². The van der Waals surface area contributed by atoms with Crippen LogP contribution in [0.1, 0.15) is 39.2 Å². The lowest BCUT2D eigenvalue weighted by molar-refractivity contribution is -0.137. The second kappa shape index (κ2) is 7.29. The SMILES string of the molecule is CC(C)(C)CNC(CCC(=O)O)Cc1ccccc1. The van der Waals surface area contributed by atoms with Crippen molar-refractivity contribution >= 4 is 5.97 Å². The van der Waals surface area contributed by atoms with Gasteiger partial charge in [0.05, 0.1) is 0 Å². The van der Waals surface area contributed by atoms with Gasteiger partial charge < -0.3 is 10.4 Å². The van der Waals surface area contributed by atoms with E-state index < -0.39 is 5.97 Å². The molecule has 3 heteroatoms. The Labute approximate surface area is 116 Å². The molecule has 0 aliphatic heterocycles. The van der Waals surface area contributed by atoms with E-state index in [2.05, 4.69) is 38.2 Å². The molecule has 0 aliphatic carbocycles. The first-order valence-corrected chi connectivity index (χ1v) is 6.86. The van der Waals surface area contributed by atoms with Gasteiger partial charge in [0, 0.05) is 19.0 Å². The van der Waals surface area contributed by atoms with Crippen molar-refractivity contribution in [3.63, 3.8) is 0 Å². The normalized spacial score (nSPS) is 13.2. The molecule has 0 spiro atoms. The van der Waals surface area contributed by atoms with Crippen molar-refractivity contribution in [2.24, 2.45) is 5.41 Å². The summed E-state index contributed by atoms with van der Waals surface area (Å²) in [7, 11) is 0. The summed E-state index contributed by atoms with van der Waals surface area (Å²) in [6.45, 7) is 7.43. The lowest BCUT2D eigenvalue weighted by atomic mass is 9.95. The van der Waals surface area contributed by atoms with Gasteiger partial charge in [0.1, 0.15) is 0 Å². The molecule has 1 rings (SSSR count). The van der Waals surface area contributed by atoms with E-state index in [1.807, 2.05) is 18.2 Å². The standard InChI is InChI=1S/C16H25NO2/c1-16(2,3)12-17-14(9-10-15(18)19)11-13-7-5-4-6-8-13/h4-8,14,17H,9-12H2,1-3H3,(H,18,19). The molecule has 1 aromatic carbocycles. The molecule has 0 saturated carbocycles. The molecule has 1 atom stereocenters. The molecule has 1 aromatic rings. The van der Waals surface area contributed by atoms with E-state index in [-0.39, 0.29) is 17.9 Å². The van der Waals surface area contributed by atoms with Crippen LogP contribution >= 0.6 is 0 Å². The van der Waals surface area contributed by atoms with Crippen LogP contribution in [0.25, 0.3) is 0 Å². The average Bonchev–Trinajstić information content (AvgIpc) is 2.33. The van der Waals surface area contributed by atoms with E-state index >= 15 is 0 Å². The molecule has 1 unspecified atom stereocenters. The van der Waals surface area contributed by atoms with Crippen LogP contribution in [0, 0.1) is 5.41 Å². The molecule has 0 amide bonds. The number of hydrogen-bond acceptors (Lipinski definition) is 2. The summed E-state index contributed by atoms with van der Waals surface area (Å²) in [6.07, 6.45) is 1.76. The molecule has 3 nitrogen and oxygen atoms in total. The summed E-state index contributed by atoms with van der Waals surface area (Å²) >= 11 is 0. The number of benzene rings is 1. The maximum absolute atomic E-state index is 10.7. The van der Waals surface area contributed by atoms with E-state index in [9.17, 15) is 4.79 Å². The Bertz CT molecular complexity index is 381. The first-order valence-electron chi connectivity index (χ1n) is 6.86. The molecule has 0 heterocycles. The van der Waals surface area contributed by atoms with Crippen LogP contribution in [0.3, 0.4) is 0 Å². The zero-order valence-corrected chi connectivity index (χ0v) is 12.1. The number of nitrogens with one attached hydrogen (secondary N) is 1. The Morgan fingerprint density at radius 1 is 1.26 bits per heavy atom. The van der Waals surface area contributed by atoms with Crippen LogP contribution in [0.15, 0.2) is 30.3 Å². The Hall–Kier alpha value is -1.35. The zero-order valence-electron chi connectivity index (χ0n) is 12.1. The maximum atomic E-state index is 10.7. The Kier molecular flexibility index (Phi) is 6.03. The van der Waals surface area contributed by atoms with Crippen molar-refractivity contribution in [1.29, 1.82) is 0 Å². The topological polar surface area (TPSA) is 49.3 Å². The Morgan fingerprint density at radius 2 is 1.89 bits per heavy atom. The van der Waals surface area contributed by atoms with Crippen molar-refractivity contribution in [1.82, 2.24) is 5.32 Å². The number of carbonyl (C=O) groups is 1. The lowest BCUT2D eigenvalue weighted by Gasteiger charge is -2.25. The highest BCUT2D eigenvalue weighted by Crippen LogP contribution is 2.13. The third kappa shape index (κ3) is 7.62. The fraction of sp³-hybridized carbons (Fsp3) is 0.562. The van der Waals surface area contributed by atoms with Gasteiger partial charge in [-0.25, -0.2) is 0 Å². The summed E-state index contributed by atoms with van der Waals surface area (Å²) in [6, 6.07) is 10.4. The minimum atomic E-state index is -0.726. The molecule has 2 N–H and O–H groups in total. The van der Waals surface area contributed by atoms with E-state index in [0.717, 1.165) is 13.0 Å². The monoisotopic (exact) mass is 263 g/mol. The number of rotatable bonds is 7. The minimum absolute atomic E-state index is 0.207. The van der Waals surface area contributed by atoms with E-state index in [1.165, 1.54) is 5.56 Å². The highest BCUT2D eigenvalue weighted by atomic mass is 16.4. The predicted molar refractivity (Wildman–Crippen MR) is 78.3 cm³/mol. The van der Waals surface area contributed by atoms with Crippen molar-refractivity contribution in [2.45, 2.75) is 46.1 Å². The quantitative estimate of drug-likeness (QED) is 0.794. The molecule has 106 valence electrons. The summed E-state index contributed by atoms with van der Waals surface area (Å²) in [5, 5.41) is 12.3. The second-order valence-electron chi connectivity index (χ2n) is 6.26. The summed E-state index contributed by atoms with van der Waals surface area (Å²) in [5.74, 6) is -0.726. The zero-order chi connectivity index (χ0) is 14.3. The number of carboxylic acid groups (broad SMARTS) is 1. The molecule has 0 fully saturated rings. The molecular formula is C16H25NO2. The van der Waals surface area contributed by atoms with Gasteiger partial charge in [0.15, 0.2) is 0 Å². The van der Waals surface area contributed by atoms with Gasteiger partial charge in [-0.3, -0.25) is 4.79 Å². The number of hydrogen-bond donors (Lipinski definition) is 2. The van der Waals surface area contributed by atoms with Gasteiger partial charge in [-0.05, 0) is 23.8 Å². The van der Waals surface area contributed by atoms with Crippen LogP contribution in [-0.2, 0) is 11.2 Å². The fourth-order valence-corrected chi connectivity index (χ4v) is 1.92. The van der Waals surface area contributed by atoms with Gasteiger partial charge in [-0.2, -0.15) is 0 Å². The van der Waals surface area contributed by atoms with Crippen molar-refractivity contribution in [3.8, 4) is 0 Å². The molecule has 19 heavy (non-hydrogen) atoms. The smallest absolute Gasteiger partial charge is 0.303 e. The predicted octanol–water partition coefficient (Wildman–Crippen LogP) is 3.10. The van der Waals surface area contributed by atoms with E-state index in [1.54, 1.807) is 0 Å². The Morgan fingerprint density at radius 3 is 2.42 bits per heavy atom. The van der Waals surface area contributed by atoms with Gasteiger partial charge in [0.2, 0.25) is 0 Å². The van der Waals surface area contributed by atoms with Crippen LogP contribution in [-0.4, -0.2) is 23.7 Å². The first-order chi connectivity index (χ1) is 8.87. The van der Waals surface area contributed by atoms with Gasteiger partial charge in [0.25, 0.3) is 0 Å². The van der Waals surface area contributed by atoms with Gasteiger partial charge in [-0.1, -0.05) is 51.1 Å². The Balaban J connectivity index is 2.55. The van der Waals surface area contributed by atoms with Crippen LogP contribution in [0.4, 0.5) is 0 Å². The maximum Gasteiger partial charge on any atom is 0.303 e. The minimum Gasteiger partial charge on any atom is -0.481 e. The van der Waals surface area contributed by atoms with Crippen LogP contribution < -0.4 is 5.32 Å². The molecular weight excluding hydrogens is 238 g/mol. The van der Waals surface area contributed by atoms with E-state index in [0.29, 0.717) is 6.42 Å². The van der Waals surface area contributed by atoms with Crippen molar-refractivity contribution in [3.05, 3.63) is 35.9 Å². The lowest BCUT2D eigenvalue weighted by Crippen LogP contribution is -2.37. The summed E-state index contributed by atoms with van der Waals surface area (Å²) < 4.78 is 0. The molecule has 0 aliphatic rings. The first kappa shape index (κ1) is 15.7. The molecule has 0 saturated heterocycles. The highest BCUT2D eigenvalue weighted by Gasteiger charge is 2.16. The third-order valence-electron chi connectivity index (χ3n) is 2.95. The van der Waals surface area contributed by atoms with Crippen LogP contribution in [0.2, 0.25) is 0 Å². The van der Waals surface area contributed by atoms with Crippen molar-refractivity contribution < 1.29 is 9.90 Å². The molecule has 0 radical (unpaired) electrons. The van der Waals surface area contributed by atoms with E-state index in [4.69, 9.17) is 5.11 Å². The third-order valence-corrected chi connectivity index (χ3v) is 2.95. The number of aliphatic carboxylic acids is 1. The average molecular weight is 263 g/mol. The van der Waals surface area contributed by atoms with Crippen molar-refractivity contribution in [2.75, 3.05) is 6.54 Å². The number of carboxylic acids is 1. The van der Waals surface area contributed by atoms with Gasteiger partial charge in [-0.15, -0.1) is 0 Å². The summed E-state index contributed by atoms with van der Waals surface area (Å²) in [5.41, 5.74) is 1.46. The molecule has 0 bridgehead atoms. The fourth-order valence-electron chi connectivity index (χ4n) is 1.92. The molecule has 0 aromatic heterocycles. The van der Waals surface area contributed by atoms with Crippen LogP contribution in [0.5, 0.6) is 0 Å².